The maximum atomic E-state index is 12.2. The zero-order valence-electron chi connectivity index (χ0n) is 10.2. The number of amides is 1. The number of anilines is 1. The highest BCUT2D eigenvalue weighted by Gasteiger charge is 2.39. The molecule has 1 amide bonds. The van der Waals surface area contributed by atoms with Gasteiger partial charge in [0.15, 0.2) is 9.84 Å². The van der Waals surface area contributed by atoms with E-state index in [1.54, 1.807) is 5.32 Å². The minimum atomic E-state index is -5.02. The number of aryl methyl sites for hydroxylation is 1. The zero-order chi connectivity index (χ0) is 14.8. The van der Waals surface area contributed by atoms with Crippen LogP contribution in [-0.2, 0) is 20.4 Å². The summed E-state index contributed by atoms with van der Waals surface area (Å²) < 4.78 is 59.0. The number of carbonyl (C=O) groups is 1. The first-order chi connectivity index (χ1) is 8.50. The summed E-state index contributed by atoms with van der Waals surface area (Å²) in [6.07, 6.45) is -4.06. The Balaban J connectivity index is 3.16. The smallest absolute Gasteiger partial charge is 0.318 e. The van der Waals surface area contributed by atoms with E-state index in [9.17, 15) is 26.4 Å². The molecule has 106 valence electrons. The van der Waals surface area contributed by atoms with Crippen molar-refractivity contribution in [3.05, 3.63) is 29.3 Å². The van der Waals surface area contributed by atoms with Crippen molar-refractivity contribution >= 4 is 21.4 Å². The van der Waals surface area contributed by atoms with Gasteiger partial charge in [-0.2, -0.15) is 13.2 Å². The van der Waals surface area contributed by atoms with Crippen LogP contribution in [0.2, 0.25) is 0 Å². The highest BCUT2D eigenvalue weighted by Crippen LogP contribution is 2.25. The van der Waals surface area contributed by atoms with Crippen LogP contribution >= 0.6 is 0 Å². The topological polar surface area (TPSA) is 63.2 Å². The lowest BCUT2D eigenvalue weighted by Gasteiger charge is -2.14. The quantitative estimate of drug-likeness (QED) is 0.928. The number of rotatable bonds is 3. The molecule has 1 aromatic rings. The molecular weight excluding hydrogens is 283 g/mol. The molecule has 0 aromatic heterocycles. The molecule has 4 nitrogen and oxygen atoms in total. The molecule has 0 spiro atoms. The lowest BCUT2D eigenvalue weighted by molar-refractivity contribution is -0.167. The number of halogens is 3. The Morgan fingerprint density at radius 1 is 1.32 bits per heavy atom. The second-order valence-corrected chi connectivity index (χ2v) is 6.27. The van der Waals surface area contributed by atoms with Crippen molar-refractivity contribution in [2.24, 2.45) is 0 Å². The van der Waals surface area contributed by atoms with Gasteiger partial charge in [-0.05, 0) is 18.1 Å². The van der Waals surface area contributed by atoms with E-state index in [1.165, 1.54) is 25.1 Å². The van der Waals surface area contributed by atoms with E-state index in [0.717, 1.165) is 6.26 Å². The fourth-order valence-corrected chi connectivity index (χ4v) is 2.30. The SMILES string of the molecule is Cc1cccc(CS(C)(=O)=O)c1NC(=O)C(F)(F)F. The average Bonchev–Trinajstić information content (AvgIpc) is 2.19. The van der Waals surface area contributed by atoms with Gasteiger partial charge in [0.2, 0.25) is 0 Å². The van der Waals surface area contributed by atoms with Crippen LogP contribution < -0.4 is 5.32 Å². The number of benzene rings is 1. The van der Waals surface area contributed by atoms with Crippen LogP contribution in [0.25, 0.3) is 0 Å². The van der Waals surface area contributed by atoms with Crippen molar-refractivity contribution in [3.8, 4) is 0 Å². The monoisotopic (exact) mass is 295 g/mol. The number of nitrogens with one attached hydrogen (secondary N) is 1. The average molecular weight is 295 g/mol. The van der Waals surface area contributed by atoms with Gasteiger partial charge in [-0.1, -0.05) is 18.2 Å². The highest BCUT2D eigenvalue weighted by molar-refractivity contribution is 7.89. The van der Waals surface area contributed by atoms with Crippen LogP contribution in [0, 0.1) is 6.92 Å². The Morgan fingerprint density at radius 3 is 2.37 bits per heavy atom. The first kappa shape index (κ1) is 15.5. The minimum Gasteiger partial charge on any atom is -0.318 e. The molecule has 1 rings (SSSR count). The van der Waals surface area contributed by atoms with Crippen LogP contribution in [0.5, 0.6) is 0 Å². The first-order valence-corrected chi connectivity index (χ1v) is 7.21. The third kappa shape index (κ3) is 4.55. The van der Waals surface area contributed by atoms with Crippen molar-refractivity contribution in [2.75, 3.05) is 11.6 Å². The summed E-state index contributed by atoms with van der Waals surface area (Å²) in [4.78, 5) is 10.9. The number of para-hydroxylation sites is 1. The number of hydrogen-bond donors (Lipinski definition) is 1. The van der Waals surface area contributed by atoms with E-state index in [1.807, 2.05) is 0 Å². The zero-order valence-corrected chi connectivity index (χ0v) is 11.0. The lowest BCUT2D eigenvalue weighted by atomic mass is 10.1. The Bertz CT molecular complexity index is 594. The van der Waals surface area contributed by atoms with Crippen molar-refractivity contribution in [1.29, 1.82) is 0 Å². The molecule has 0 radical (unpaired) electrons. The summed E-state index contributed by atoms with van der Waals surface area (Å²) in [5.41, 5.74) is 0.370. The van der Waals surface area contributed by atoms with Crippen LogP contribution in [0.15, 0.2) is 18.2 Å². The molecule has 0 aliphatic rings. The summed E-state index contributed by atoms with van der Waals surface area (Å²) in [6, 6.07) is 4.36. The molecule has 0 unspecified atom stereocenters. The summed E-state index contributed by atoms with van der Waals surface area (Å²) >= 11 is 0. The van der Waals surface area contributed by atoms with Crippen LogP contribution in [-0.4, -0.2) is 26.8 Å². The van der Waals surface area contributed by atoms with Crippen LogP contribution in [0.4, 0.5) is 18.9 Å². The van der Waals surface area contributed by atoms with Gasteiger partial charge < -0.3 is 5.32 Å². The molecule has 0 heterocycles. The van der Waals surface area contributed by atoms with Crippen LogP contribution in [0.3, 0.4) is 0 Å². The fraction of sp³-hybridized carbons (Fsp3) is 0.364. The number of alkyl halides is 3. The largest absolute Gasteiger partial charge is 0.471 e. The van der Waals surface area contributed by atoms with Crippen molar-refractivity contribution in [1.82, 2.24) is 0 Å². The van der Waals surface area contributed by atoms with Gasteiger partial charge in [0, 0.05) is 11.9 Å². The maximum Gasteiger partial charge on any atom is 0.471 e. The molecule has 0 fully saturated rings. The third-order valence-corrected chi connectivity index (χ3v) is 3.11. The minimum absolute atomic E-state index is 0.116. The van der Waals surface area contributed by atoms with Gasteiger partial charge in [0.25, 0.3) is 0 Å². The van der Waals surface area contributed by atoms with E-state index in [2.05, 4.69) is 0 Å². The standard InChI is InChI=1S/C11H12F3NO3S/c1-7-4-3-5-8(6-19(2,17)18)9(7)15-10(16)11(12,13)14/h3-5H,6H2,1-2H3,(H,15,16). The van der Waals surface area contributed by atoms with Crippen molar-refractivity contribution in [3.63, 3.8) is 0 Å². The molecule has 0 saturated carbocycles. The first-order valence-electron chi connectivity index (χ1n) is 5.15. The second kappa shape index (κ2) is 5.20. The summed E-state index contributed by atoms with van der Waals surface area (Å²) in [6.45, 7) is 1.48. The van der Waals surface area contributed by atoms with Gasteiger partial charge in [0.1, 0.15) is 0 Å². The van der Waals surface area contributed by atoms with Crippen molar-refractivity contribution < 1.29 is 26.4 Å². The Hall–Kier alpha value is -1.57. The molecule has 1 N–H and O–H groups in total. The molecule has 0 aliphatic carbocycles. The molecule has 0 atom stereocenters. The van der Waals surface area contributed by atoms with E-state index in [0.29, 0.717) is 5.56 Å². The van der Waals surface area contributed by atoms with Crippen molar-refractivity contribution in [2.45, 2.75) is 18.9 Å². The highest BCUT2D eigenvalue weighted by atomic mass is 32.2. The van der Waals surface area contributed by atoms with E-state index in [-0.39, 0.29) is 11.3 Å². The molecule has 0 bridgehead atoms. The van der Waals surface area contributed by atoms with Gasteiger partial charge in [-0.25, -0.2) is 8.42 Å². The predicted molar refractivity (Wildman–Crippen MR) is 64.4 cm³/mol. The molecule has 8 heteroatoms. The molecular formula is C11H12F3NO3S. The van der Waals surface area contributed by atoms with Gasteiger partial charge in [-0.3, -0.25) is 4.79 Å². The lowest BCUT2D eigenvalue weighted by Crippen LogP contribution is -2.30. The molecule has 0 aliphatic heterocycles. The van der Waals surface area contributed by atoms with E-state index in [4.69, 9.17) is 0 Å². The molecule has 19 heavy (non-hydrogen) atoms. The summed E-state index contributed by atoms with van der Waals surface area (Å²) in [7, 11) is -3.42. The van der Waals surface area contributed by atoms with Gasteiger partial charge >= 0.3 is 12.1 Å². The number of carbonyl (C=O) groups excluding carboxylic acids is 1. The Morgan fingerprint density at radius 2 is 1.89 bits per heavy atom. The summed E-state index contributed by atoms with van der Waals surface area (Å²) in [5.74, 6) is -2.57. The number of hydrogen-bond acceptors (Lipinski definition) is 3. The summed E-state index contributed by atoms with van der Waals surface area (Å²) in [5, 5.41) is 1.71. The van der Waals surface area contributed by atoms with Gasteiger partial charge in [0.05, 0.1) is 5.75 Å². The van der Waals surface area contributed by atoms with Gasteiger partial charge in [-0.15, -0.1) is 0 Å². The Kier molecular flexibility index (Phi) is 4.24. The third-order valence-electron chi connectivity index (χ3n) is 2.27. The van der Waals surface area contributed by atoms with Crippen LogP contribution in [0.1, 0.15) is 11.1 Å². The van der Waals surface area contributed by atoms with E-state index >= 15 is 0 Å². The second-order valence-electron chi connectivity index (χ2n) is 4.13. The Labute approximate surface area is 108 Å². The maximum absolute atomic E-state index is 12.2. The number of sulfone groups is 1. The molecule has 1 aromatic carbocycles. The predicted octanol–water partition coefficient (Wildman–Crippen LogP) is 2.04. The fourth-order valence-electron chi connectivity index (χ4n) is 1.49. The molecule has 0 saturated heterocycles. The normalized spacial score (nSPS) is 12.3. The van der Waals surface area contributed by atoms with E-state index < -0.39 is 27.7 Å².